The third kappa shape index (κ3) is 3.83. The second-order valence-corrected chi connectivity index (χ2v) is 5.67. The normalized spacial score (nSPS) is 18.8. The van der Waals surface area contributed by atoms with Gasteiger partial charge in [0, 0.05) is 31.7 Å². The van der Waals surface area contributed by atoms with E-state index < -0.39 is 0 Å². The van der Waals surface area contributed by atoms with Crippen molar-refractivity contribution in [3.8, 4) is 0 Å². The summed E-state index contributed by atoms with van der Waals surface area (Å²) in [5, 5.41) is 3.75. The summed E-state index contributed by atoms with van der Waals surface area (Å²) >= 11 is 5.89. The molecule has 1 fully saturated rings. The van der Waals surface area contributed by atoms with Gasteiger partial charge in [-0.3, -0.25) is 4.90 Å². The lowest BCUT2D eigenvalue weighted by atomic mass is 10.2. The minimum atomic E-state index is 0.198. The zero-order valence-electron chi connectivity index (χ0n) is 11.7. The number of nitrogen functional groups attached to an aromatic ring is 1. The molecule has 0 aliphatic carbocycles. The Morgan fingerprint density at radius 3 is 2.86 bits per heavy atom. The predicted molar refractivity (Wildman–Crippen MR) is 85.2 cm³/mol. The van der Waals surface area contributed by atoms with Crippen molar-refractivity contribution in [3.05, 3.63) is 47.1 Å². The van der Waals surface area contributed by atoms with E-state index in [4.69, 9.17) is 17.3 Å². The highest BCUT2D eigenvalue weighted by atomic mass is 35.5. The lowest BCUT2D eigenvalue weighted by Gasteiger charge is -2.17. The van der Waals surface area contributed by atoms with Gasteiger partial charge in [-0.2, -0.15) is 4.98 Å². The first kappa shape index (κ1) is 14.1. The number of benzene rings is 1. The van der Waals surface area contributed by atoms with E-state index >= 15 is 0 Å². The monoisotopic (exact) mass is 303 g/mol. The van der Waals surface area contributed by atoms with Gasteiger partial charge in [0.1, 0.15) is 11.0 Å². The number of hydrogen-bond donors (Lipinski definition) is 2. The fourth-order valence-electron chi connectivity index (χ4n) is 2.65. The van der Waals surface area contributed by atoms with Gasteiger partial charge in [0.05, 0.1) is 0 Å². The Kier molecular flexibility index (Phi) is 4.22. The van der Waals surface area contributed by atoms with E-state index in [2.05, 4.69) is 44.5 Å². The standard InChI is InChI=1S/C15H18ClN5/c16-13-8-14(20-15(17)19-13)18-12-6-7-21(10-12)9-11-4-2-1-3-5-11/h1-5,8,12H,6-7,9-10H2,(H3,17,18,19,20). The molecule has 1 aromatic heterocycles. The van der Waals surface area contributed by atoms with Crippen molar-refractivity contribution in [2.45, 2.75) is 19.0 Å². The zero-order chi connectivity index (χ0) is 14.7. The van der Waals surface area contributed by atoms with E-state index in [-0.39, 0.29) is 5.95 Å². The van der Waals surface area contributed by atoms with Crippen molar-refractivity contribution in [3.63, 3.8) is 0 Å². The number of halogens is 1. The quantitative estimate of drug-likeness (QED) is 0.849. The Hall–Kier alpha value is -1.85. The molecule has 1 saturated heterocycles. The second kappa shape index (κ2) is 6.28. The van der Waals surface area contributed by atoms with Gasteiger partial charge in [0.2, 0.25) is 5.95 Å². The second-order valence-electron chi connectivity index (χ2n) is 5.28. The topological polar surface area (TPSA) is 67.1 Å². The van der Waals surface area contributed by atoms with E-state index in [9.17, 15) is 0 Å². The summed E-state index contributed by atoms with van der Waals surface area (Å²) in [6.07, 6.45) is 1.08. The molecular formula is C15H18ClN5. The number of rotatable bonds is 4. The summed E-state index contributed by atoms with van der Waals surface area (Å²) in [7, 11) is 0. The zero-order valence-corrected chi connectivity index (χ0v) is 12.4. The van der Waals surface area contributed by atoms with Crippen molar-refractivity contribution >= 4 is 23.4 Å². The van der Waals surface area contributed by atoms with E-state index in [1.54, 1.807) is 6.07 Å². The van der Waals surface area contributed by atoms with Crippen molar-refractivity contribution < 1.29 is 0 Å². The highest BCUT2D eigenvalue weighted by Crippen LogP contribution is 2.19. The lowest BCUT2D eigenvalue weighted by molar-refractivity contribution is 0.328. The Balaban J connectivity index is 1.57. The first-order chi connectivity index (χ1) is 10.2. The highest BCUT2D eigenvalue weighted by molar-refractivity contribution is 6.29. The fourth-order valence-corrected chi connectivity index (χ4v) is 2.84. The maximum atomic E-state index is 5.89. The van der Waals surface area contributed by atoms with Crippen LogP contribution in [0.3, 0.4) is 0 Å². The summed E-state index contributed by atoms with van der Waals surface area (Å²) in [4.78, 5) is 10.5. The van der Waals surface area contributed by atoms with Gasteiger partial charge >= 0.3 is 0 Å². The summed E-state index contributed by atoms with van der Waals surface area (Å²) in [6, 6.07) is 12.6. The van der Waals surface area contributed by atoms with E-state index in [1.165, 1.54) is 5.56 Å². The molecule has 0 bridgehead atoms. The maximum Gasteiger partial charge on any atom is 0.223 e. The van der Waals surface area contributed by atoms with Crippen molar-refractivity contribution in [1.29, 1.82) is 0 Å². The van der Waals surface area contributed by atoms with Gasteiger partial charge in [-0.15, -0.1) is 0 Å². The molecule has 1 atom stereocenters. The van der Waals surface area contributed by atoms with Gasteiger partial charge < -0.3 is 11.1 Å². The number of nitrogens with two attached hydrogens (primary N) is 1. The van der Waals surface area contributed by atoms with E-state index in [0.29, 0.717) is 17.0 Å². The minimum Gasteiger partial charge on any atom is -0.368 e. The van der Waals surface area contributed by atoms with Crippen LogP contribution in [0, 0.1) is 0 Å². The maximum absolute atomic E-state index is 5.89. The number of nitrogens with zero attached hydrogens (tertiary/aromatic N) is 3. The molecule has 5 nitrogen and oxygen atoms in total. The van der Waals surface area contributed by atoms with Gasteiger partial charge in [0.15, 0.2) is 0 Å². The number of aromatic nitrogens is 2. The van der Waals surface area contributed by atoms with E-state index in [0.717, 1.165) is 26.1 Å². The molecule has 0 amide bonds. The Morgan fingerprint density at radius 1 is 1.29 bits per heavy atom. The third-order valence-electron chi connectivity index (χ3n) is 3.59. The molecular weight excluding hydrogens is 286 g/mol. The molecule has 1 aromatic carbocycles. The molecule has 0 saturated carbocycles. The smallest absolute Gasteiger partial charge is 0.223 e. The average Bonchev–Trinajstić information content (AvgIpc) is 2.86. The molecule has 0 radical (unpaired) electrons. The molecule has 2 heterocycles. The van der Waals surface area contributed by atoms with Crippen LogP contribution in [-0.4, -0.2) is 34.0 Å². The van der Waals surface area contributed by atoms with Crippen LogP contribution in [0.5, 0.6) is 0 Å². The molecule has 2 aromatic rings. The molecule has 1 aliphatic rings. The van der Waals surface area contributed by atoms with Crippen LogP contribution in [0.4, 0.5) is 11.8 Å². The first-order valence-electron chi connectivity index (χ1n) is 7.02. The van der Waals surface area contributed by atoms with Gasteiger partial charge in [-0.1, -0.05) is 41.9 Å². The van der Waals surface area contributed by atoms with Crippen LogP contribution < -0.4 is 11.1 Å². The van der Waals surface area contributed by atoms with Crippen LogP contribution in [-0.2, 0) is 6.54 Å². The van der Waals surface area contributed by atoms with Crippen molar-refractivity contribution in [2.24, 2.45) is 0 Å². The van der Waals surface area contributed by atoms with Crippen LogP contribution in [0.25, 0.3) is 0 Å². The lowest BCUT2D eigenvalue weighted by Crippen LogP contribution is -2.26. The van der Waals surface area contributed by atoms with Gasteiger partial charge in [-0.05, 0) is 12.0 Å². The molecule has 1 unspecified atom stereocenters. The number of nitrogens with one attached hydrogen (secondary N) is 1. The number of anilines is 2. The highest BCUT2D eigenvalue weighted by Gasteiger charge is 2.22. The molecule has 6 heteroatoms. The molecule has 1 aliphatic heterocycles. The van der Waals surface area contributed by atoms with Crippen LogP contribution in [0.2, 0.25) is 5.15 Å². The van der Waals surface area contributed by atoms with Gasteiger partial charge in [-0.25, -0.2) is 4.98 Å². The van der Waals surface area contributed by atoms with Crippen molar-refractivity contribution in [1.82, 2.24) is 14.9 Å². The first-order valence-corrected chi connectivity index (χ1v) is 7.40. The van der Waals surface area contributed by atoms with Crippen molar-refractivity contribution in [2.75, 3.05) is 24.1 Å². The van der Waals surface area contributed by atoms with Gasteiger partial charge in [0.25, 0.3) is 0 Å². The SMILES string of the molecule is Nc1nc(Cl)cc(NC2CCN(Cc3ccccc3)C2)n1. The summed E-state index contributed by atoms with van der Waals surface area (Å²) in [5.74, 6) is 0.892. The molecule has 3 N–H and O–H groups in total. The number of hydrogen-bond acceptors (Lipinski definition) is 5. The van der Waals surface area contributed by atoms with Crippen LogP contribution in [0.15, 0.2) is 36.4 Å². The minimum absolute atomic E-state index is 0.198. The van der Waals surface area contributed by atoms with E-state index in [1.807, 2.05) is 6.07 Å². The third-order valence-corrected chi connectivity index (χ3v) is 3.78. The predicted octanol–water partition coefficient (Wildman–Crippen LogP) is 2.40. The summed E-state index contributed by atoms with van der Waals surface area (Å²) < 4.78 is 0. The summed E-state index contributed by atoms with van der Waals surface area (Å²) in [5.41, 5.74) is 6.95. The Bertz CT molecular complexity index is 584. The molecule has 3 rings (SSSR count). The average molecular weight is 304 g/mol. The molecule has 21 heavy (non-hydrogen) atoms. The number of likely N-dealkylation sites (tertiary alicyclic amines) is 1. The largest absolute Gasteiger partial charge is 0.368 e. The Labute approximate surface area is 129 Å². The van der Waals surface area contributed by atoms with Crippen LogP contribution in [0.1, 0.15) is 12.0 Å². The summed E-state index contributed by atoms with van der Waals surface area (Å²) in [6.45, 7) is 3.03. The molecule has 110 valence electrons. The molecule has 0 spiro atoms. The van der Waals surface area contributed by atoms with Crippen LogP contribution >= 0.6 is 11.6 Å². The Morgan fingerprint density at radius 2 is 2.10 bits per heavy atom. The fraction of sp³-hybridized carbons (Fsp3) is 0.333.